The van der Waals surface area contributed by atoms with E-state index < -0.39 is 0 Å². The Bertz CT molecular complexity index is 112. The minimum Gasteiger partial charge on any atom is -0.277 e. The SMILES string of the molecule is C[n+]1[c-]ncs1. The lowest BCUT2D eigenvalue weighted by atomic mass is 11.2. The Hall–Kier alpha value is -0.440. The molecule has 6 heavy (non-hydrogen) atoms. The average molecular weight is 100 g/mol. The number of nitrogens with zero attached hydrogens (tertiary/aromatic N) is 2. The molecule has 3 heteroatoms. The lowest BCUT2D eigenvalue weighted by molar-refractivity contribution is -0.607. The van der Waals surface area contributed by atoms with Gasteiger partial charge in [-0.3, -0.25) is 3.96 Å². The molecule has 1 aromatic heterocycles. The minimum atomic E-state index is 1.53. The van der Waals surface area contributed by atoms with Crippen LogP contribution in [0.1, 0.15) is 0 Å². The van der Waals surface area contributed by atoms with Crippen LogP contribution in [0.25, 0.3) is 0 Å². The van der Waals surface area contributed by atoms with E-state index in [2.05, 4.69) is 11.3 Å². The molecule has 0 aliphatic rings. The minimum absolute atomic E-state index is 1.53. The summed E-state index contributed by atoms with van der Waals surface area (Å²) in [6, 6.07) is 0. The predicted octanol–water partition coefficient (Wildman–Crippen LogP) is -0.232. The molecule has 0 aromatic carbocycles. The van der Waals surface area contributed by atoms with E-state index in [1.165, 1.54) is 11.5 Å². The third-order valence-electron chi connectivity index (χ3n) is 0.457. The highest BCUT2D eigenvalue weighted by atomic mass is 32.1. The standard InChI is InChI=1S/C3H4N2S/c1-5-2-4-3-6-5/h3H,1H3. The molecule has 0 fully saturated rings. The van der Waals surface area contributed by atoms with Gasteiger partial charge in [0.1, 0.15) is 0 Å². The molecule has 0 spiro atoms. The summed E-state index contributed by atoms with van der Waals surface area (Å²) < 4.78 is 1.81. The topological polar surface area (TPSA) is 16.8 Å². The van der Waals surface area contributed by atoms with Crippen molar-refractivity contribution in [2.45, 2.75) is 0 Å². The quantitative estimate of drug-likeness (QED) is 0.325. The van der Waals surface area contributed by atoms with E-state index in [0.717, 1.165) is 0 Å². The second kappa shape index (κ2) is 1.34. The number of hydrogen-bond acceptors (Lipinski definition) is 2. The Balaban J connectivity index is 3.05. The highest BCUT2D eigenvalue weighted by molar-refractivity contribution is 6.99. The van der Waals surface area contributed by atoms with E-state index in [4.69, 9.17) is 0 Å². The zero-order chi connectivity index (χ0) is 4.41. The number of rotatable bonds is 0. The molecule has 0 bridgehead atoms. The molecular weight excluding hydrogens is 96.1 g/mol. The van der Waals surface area contributed by atoms with Gasteiger partial charge in [0.2, 0.25) is 0 Å². The van der Waals surface area contributed by atoms with E-state index in [1.807, 2.05) is 7.05 Å². The smallest absolute Gasteiger partial charge is 0.189 e. The summed E-state index contributed by atoms with van der Waals surface area (Å²) in [6.45, 7) is 0. The molecule has 1 heterocycles. The maximum atomic E-state index is 3.68. The summed E-state index contributed by atoms with van der Waals surface area (Å²) in [7, 11) is 1.90. The van der Waals surface area contributed by atoms with E-state index in [9.17, 15) is 0 Å². The van der Waals surface area contributed by atoms with E-state index in [0.29, 0.717) is 0 Å². The van der Waals surface area contributed by atoms with Gasteiger partial charge < -0.3 is 0 Å². The summed E-state index contributed by atoms with van der Waals surface area (Å²) in [6.07, 6.45) is 2.69. The molecular formula is C3H4N2S. The lowest BCUT2D eigenvalue weighted by Crippen LogP contribution is -2.19. The van der Waals surface area contributed by atoms with Crippen LogP contribution in [0.5, 0.6) is 0 Å². The summed E-state index contributed by atoms with van der Waals surface area (Å²) in [5, 5.41) is 0. The van der Waals surface area contributed by atoms with Gasteiger partial charge in [-0.25, -0.2) is 4.98 Å². The van der Waals surface area contributed by atoms with Crippen LogP contribution in [0.2, 0.25) is 0 Å². The van der Waals surface area contributed by atoms with Crippen LogP contribution in [0.4, 0.5) is 0 Å². The molecule has 0 saturated heterocycles. The van der Waals surface area contributed by atoms with Crippen LogP contribution in [-0.4, -0.2) is 4.98 Å². The van der Waals surface area contributed by atoms with Crippen LogP contribution in [0.15, 0.2) is 5.51 Å². The molecule has 0 aliphatic carbocycles. The van der Waals surface area contributed by atoms with Crippen molar-refractivity contribution in [2.75, 3.05) is 0 Å². The van der Waals surface area contributed by atoms with E-state index in [1.54, 1.807) is 9.47 Å². The molecule has 1 aromatic rings. The average Bonchev–Trinajstić information content (AvgIpc) is 1.86. The van der Waals surface area contributed by atoms with Gasteiger partial charge in [0.05, 0.1) is 12.6 Å². The summed E-state index contributed by atoms with van der Waals surface area (Å²) >= 11 is 1.53. The summed E-state index contributed by atoms with van der Waals surface area (Å²) in [4.78, 5) is 3.68. The van der Waals surface area contributed by atoms with Crippen LogP contribution in [0.3, 0.4) is 0 Å². The zero-order valence-electron chi connectivity index (χ0n) is 3.38. The highest BCUT2D eigenvalue weighted by Gasteiger charge is 1.72. The Morgan fingerprint density at radius 3 is 3.00 bits per heavy atom. The second-order valence-electron chi connectivity index (χ2n) is 0.937. The fraction of sp³-hybridized carbons (Fsp3) is 0.333. The number of hydrogen-bond donors (Lipinski definition) is 0. The molecule has 0 N–H and O–H groups in total. The Kier molecular flexibility index (Phi) is 0.837. The highest BCUT2D eigenvalue weighted by Crippen LogP contribution is 1.72. The van der Waals surface area contributed by atoms with Crippen LogP contribution < -0.4 is 3.96 Å². The largest absolute Gasteiger partial charge is 0.277 e. The van der Waals surface area contributed by atoms with Crippen LogP contribution in [0, 0.1) is 6.33 Å². The molecule has 0 unspecified atom stereocenters. The summed E-state index contributed by atoms with van der Waals surface area (Å²) in [5.41, 5.74) is 1.74. The molecule has 0 amide bonds. The first-order chi connectivity index (χ1) is 2.89. The first-order valence-electron chi connectivity index (χ1n) is 1.57. The maximum absolute atomic E-state index is 3.68. The van der Waals surface area contributed by atoms with E-state index in [-0.39, 0.29) is 0 Å². The number of aromatic nitrogens is 2. The Morgan fingerprint density at radius 2 is 2.83 bits per heavy atom. The van der Waals surface area contributed by atoms with E-state index >= 15 is 0 Å². The van der Waals surface area contributed by atoms with Crippen LogP contribution in [-0.2, 0) is 7.05 Å². The lowest BCUT2D eigenvalue weighted by Gasteiger charge is -1.72. The van der Waals surface area contributed by atoms with Gasteiger partial charge in [-0.05, 0) is 11.5 Å². The predicted molar refractivity (Wildman–Crippen MR) is 22.1 cm³/mol. The van der Waals surface area contributed by atoms with Crippen molar-refractivity contribution >= 4 is 11.5 Å². The molecule has 2 nitrogen and oxygen atoms in total. The van der Waals surface area contributed by atoms with Crippen molar-refractivity contribution in [3.8, 4) is 0 Å². The van der Waals surface area contributed by atoms with Crippen molar-refractivity contribution in [3.05, 3.63) is 11.8 Å². The molecule has 0 aliphatic heterocycles. The van der Waals surface area contributed by atoms with Crippen LogP contribution >= 0.6 is 11.5 Å². The van der Waals surface area contributed by atoms with Crippen molar-refractivity contribution in [3.63, 3.8) is 0 Å². The summed E-state index contributed by atoms with van der Waals surface area (Å²) in [5.74, 6) is 0. The zero-order valence-corrected chi connectivity index (χ0v) is 4.20. The fourth-order valence-electron chi connectivity index (χ4n) is 0.223. The van der Waals surface area contributed by atoms with Crippen molar-refractivity contribution in [1.82, 2.24) is 4.98 Å². The van der Waals surface area contributed by atoms with Gasteiger partial charge in [-0.1, -0.05) is 0 Å². The molecule has 1 rings (SSSR count). The normalized spacial score (nSPS) is 8.83. The molecule has 0 saturated carbocycles. The van der Waals surface area contributed by atoms with Gasteiger partial charge in [0.25, 0.3) is 0 Å². The van der Waals surface area contributed by atoms with Gasteiger partial charge in [-0.2, -0.15) is 0 Å². The molecule has 0 atom stereocenters. The monoisotopic (exact) mass is 100 g/mol. The Labute approximate surface area is 40.2 Å². The third-order valence-corrected chi connectivity index (χ3v) is 1.05. The maximum Gasteiger partial charge on any atom is 0.189 e. The van der Waals surface area contributed by atoms with Gasteiger partial charge >= 0.3 is 0 Å². The third kappa shape index (κ3) is 0.542. The van der Waals surface area contributed by atoms with Crippen molar-refractivity contribution in [2.24, 2.45) is 7.05 Å². The van der Waals surface area contributed by atoms with Crippen molar-refractivity contribution < 1.29 is 3.96 Å². The van der Waals surface area contributed by atoms with Gasteiger partial charge in [-0.15, -0.1) is 0 Å². The number of aryl methyl sites for hydroxylation is 1. The van der Waals surface area contributed by atoms with Gasteiger partial charge in [0.15, 0.2) is 6.33 Å². The first-order valence-corrected chi connectivity index (χ1v) is 2.41. The fourth-order valence-corrected chi connectivity index (χ4v) is 0.553. The molecule has 32 valence electrons. The second-order valence-corrected chi connectivity index (χ2v) is 1.91. The van der Waals surface area contributed by atoms with Crippen molar-refractivity contribution in [1.29, 1.82) is 0 Å². The first kappa shape index (κ1) is 3.74. The molecule has 0 radical (unpaired) electrons. The van der Waals surface area contributed by atoms with Gasteiger partial charge in [0, 0.05) is 0 Å². The Morgan fingerprint density at radius 1 is 2.00 bits per heavy atom.